The Bertz CT molecular complexity index is 573. The van der Waals surface area contributed by atoms with E-state index < -0.39 is 43.7 Å². The zero-order valence-electron chi connectivity index (χ0n) is 12.6. The largest absolute Gasteiger partial charge is 0.459 e. The van der Waals surface area contributed by atoms with E-state index in [0.29, 0.717) is 5.75 Å². The highest BCUT2D eigenvalue weighted by Crippen LogP contribution is 2.23. The molecule has 0 radical (unpaired) electrons. The number of halogens is 4. The summed E-state index contributed by atoms with van der Waals surface area (Å²) in [7, 11) is 0. The second kappa shape index (κ2) is 7.94. The summed E-state index contributed by atoms with van der Waals surface area (Å²) in [5.41, 5.74) is 1.66. The third kappa shape index (κ3) is 5.88. The van der Waals surface area contributed by atoms with Gasteiger partial charge in [0.15, 0.2) is 6.61 Å². The molecule has 1 rings (SSSR count). The minimum Gasteiger partial charge on any atom is -0.459 e. The molecule has 0 bridgehead atoms. The van der Waals surface area contributed by atoms with Crippen LogP contribution < -0.4 is 4.74 Å². The molecule has 0 fully saturated rings. The number of aryl methyl sites for hydroxylation is 1. The van der Waals surface area contributed by atoms with E-state index >= 15 is 0 Å². The number of carbonyl (C=O) groups excluding carboxylic acids is 2. The first kappa shape index (κ1) is 18.9. The van der Waals surface area contributed by atoms with Crippen LogP contribution in [0.5, 0.6) is 5.75 Å². The molecule has 1 aromatic carbocycles. The number of esters is 2. The van der Waals surface area contributed by atoms with Crippen LogP contribution in [-0.4, -0.2) is 30.9 Å². The van der Waals surface area contributed by atoms with E-state index in [-0.39, 0.29) is 0 Å². The Morgan fingerprint density at radius 2 is 1.74 bits per heavy atom. The number of carbonyl (C=O) groups is 2. The summed E-state index contributed by atoms with van der Waals surface area (Å²) in [6.45, 7) is 1.85. The van der Waals surface area contributed by atoms with Gasteiger partial charge in [-0.1, -0.05) is 12.1 Å². The average molecular weight is 336 g/mol. The zero-order valence-corrected chi connectivity index (χ0v) is 12.6. The molecule has 23 heavy (non-hydrogen) atoms. The first-order valence-electron chi connectivity index (χ1n) is 6.72. The van der Waals surface area contributed by atoms with Crippen molar-refractivity contribution in [1.29, 1.82) is 0 Å². The normalized spacial score (nSPS) is 11.4. The van der Waals surface area contributed by atoms with Gasteiger partial charge in [-0.3, -0.25) is 9.59 Å². The number of ether oxygens (including phenoxy) is 2. The van der Waals surface area contributed by atoms with Crippen LogP contribution in [-0.2, 0) is 14.3 Å². The van der Waals surface area contributed by atoms with Gasteiger partial charge in [-0.2, -0.15) is 8.78 Å². The molecule has 0 heterocycles. The van der Waals surface area contributed by atoms with Crippen molar-refractivity contribution in [1.82, 2.24) is 0 Å². The van der Waals surface area contributed by atoms with E-state index in [4.69, 9.17) is 4.74 Å². The van der Waals surface area contributed by atoms with Crippen LogP contribution in [0.15, 0.2) is 18.2 Å². The fourth-order valence-electron chi connectivity index (χ4n) is 1.52. The summed E-state index contributed by atoms with van der Waals surface area (Å²) >= 11 is 0. The van der Waals surface area contributed by atoms with Crippen molar-refractivity contribution in [3.05, 3.63) is 29.3 Å². The third-order valence-electron chi connectivity index (χ3n) is 3.06. The van der Waals surface area contributed by atoms with E-state index in [1.165, 1.54) is 0 Å². The highest BCUT2D eigenvalue weighted by Gasteiger charge is 2.42. The monoisotopic (exact) mass is 336 g/mol. The SMILES string of the molecule is Cc1cccc(OC(=O)CCC(=O)OCC(F)(F)C(F)F)c1C. The fraction of sp³-hybridized carbons (Fsp3) is 0.467. The summed E-state index contributed by atoms with van der Waals surface area (Å²) in [5, 5.41) is 0. The van der Waals surface area contributed by atoms with Gasteiger partial charge >= 0.3 is 24.3 Å². The number of rotatable bonds is 7. The van der Waals surface area contributed by atoms with Gasteiger partial charge in [0.2, 0.25) is 0 Å². The average Bonchev–Trinajstić information content (AvgIpc) is 2.47. The molecule has 0 saturated carbocycles. The summed E-state index contributed by atoms with van der Waals surface area (Å²) in [4.78, 5) is 22.8. The Hall–Kier alpha value is -2.12. The molecule has 4 nitrogen and oxygen atoms in total. The van der Waals surface area contributed by atoms with Gasteiger partial charge in [-0.25, -0.2) is 8.78 Å². The van der Waals surface area contributed by atoms with Crippen molar-refractivity contribution >= 4 is 11.9 Å². The van der Waals surface area contributed by atoms with Gasteiger partial charge in [0, 0.05) is 0 Å². The molecule has 128 valence electrons. The third-order valence-corrected chi connectivity index (χ3v) is 3.06. The lowest BCUT2D eigenvalue weighted by Crippen LogP contribution is -2.33. The maximum Gasteiger partial charge on any atom is 0.340 e. The Kier molecular flexibility index (Phi) is 6.53. The molecule has 0 atom stereocenters. The molecule has 0 saturated heterocycles. The topological polar surface area (TPSA) is 52.6 Å². The molecule has 0 aliphatic carbocycles. The summed E-state index contributed by atoms with van der Waals surface area (Å²) in [6.07, 6.45) is -4.88. The molecule has 1 aromatic rings. The van der Waals surface area contributed by atoms with Crippen LogP contribution in [0, 0.1) is 13.8 Å². The smallest absolute Gasteiger partial charge is 0.340 e. The molecule has 0 spiro atoms. The number of hydrogen-bond donors (Lipinski definition) is 0. The second-order valence-electron chi connectivity index (χ2n) is 4.89. The number of benzene rings is 1. The van der Waals surface area contributed by atoms with Crippen molar-refractivity contribution in [3.63, 3.8) is 0 Å². The maximum atomic E-state index is 12.6. The lowest BCUT2D eigenvalue weighted by Gasteiger charge is -2.14. The molecule has 0 aliphatic rings. The van der Waals surface area contributed by atoms with Gasteiger partial charge in [-0.05, 0) is 31.0 Å². The fourth-order valence-corrected chi connectivity index (χ4v) is 1.52. The summed E-state index contributed by atoms with van der Waals surface area (Å²) in [5.74, 6) is -6.01. The van der Waals surface area contributed by atoms with Crippen LogP contribution in [0.4, 0.5) is 17.6 Å². The molecule has 8 heteroatoms. The quantitative estimate of drug-likeness (QED) is 0.435. The van der Waals surface area contributed by atoms with E-state index in [1.54, 1.807) is 19.1 Å². The van der Waals surface area contributed by atoms with Gasteiger partial charge in [-0.15, -0.1) is 0 Å². The Morgan fingerprint density at radius 3 is 2.35 bits per heavy atom. The van der Waals surface area contributed by atoms with Crippen LogP contribution in [0.3, 0.4) is 0 Å². The number of hydrogen-bond acceptors (Lipinski definition) is 4. The Labute approximate surface area is 130 Å². The predicted octanol–water partition coefficient (Wildman–Crippen LogP) is 3.43. The van der Waals surface area contributed by atoms with Crippen molar-refractivity contribution < 1.29 is 36.6 Å². The number of alkyl halides is 4. The molecule has 0 amide bonds. The first-order valence-corrected chi connectivity index (χ1v) is 6.72. The van der Waals surface area contributed by atoms with Crippen LogP contribution in [0.1, 0.15) is 24.0 Å². The molecule has 0 N–H and O–H groups in total. The van der Waals surface area contributed by atoms with Crippen LogP contribution >= 0.6 is 0 Å². The second-order valence-corrected chi connectivity index (χ2v) is 4.89. The molecular formula is C15H16F4O4. The van der Waals surface area contributed by atoms with Crippen molar-refractivity contribution in [2.75, 3.05) is 6.61 Å². The van der Waals surface area contributed by atoms with E-state index in [0.717, 1.165) is 11.1 Å². The molecule has 0 aromatic heterocycles. The highest BCUT2D eigenvalue weighted by atomic mass is 19.3. The summed E-state index contributed by atoms with van der Waals surface area (Å²) < 4.78 is 57.9. The van der Waals surface area contributed by atoms with Crippen LogP contribution in [0.2, 0.25) is 0 Å². The lowest BCUT2D eigenvalue weighted by molar-refractivity contribution is -0.180. The van der Waals surface area contributed by atoms with Gasteiger partial charge in [0.05, 0.1) is 12.8 Å². The van der Waals surface area contributed by atoms with Gasteiger partial charge < -0.3 is 9.47 Å². The Morgan fingerprint density at radius 1 is 1.13 bits per heavy atom. The van der Waals surface area contributed by atoms with Crippen molar-refractivity contribution in [2.45, 2.75) is 39.0 Å². The van der Waals surface area contributed by atoms with Crippen molar-refractivity contribution in [2.24, 2.45) is 0 Å². The van der Waals surface area contributed by atoms with E-state index in [2.05, 4.69) is 4.74 Å². The first-order chi connectivity index (χ1) is 10.6. The minimum absolute atomic E-state index is 0.326. The predicted molar refractivity (Wildman–Crippen MR) is 72.7 cm³/mol. The van der Waals surface area contributed by atoms with Gasteiger partial charge in [0.25, 0.3) is 0 Å². The maximum absolute atomic E-state index is 12.6. The van der Waals surface area contributed by atoms with Gasteiger partial charge in [0.1, 0.15) is 5.75 Å². The molecule has 0 unspecified atom stereocenters. The standard InChI is InChI=1S/C15H16F4O4/c1-9-4-3-5-11(10(9)2)23-13(21)7-6-12(20)22-8-15(18,19)14(16)17/h3-5,14H,6-8H2,1-2H3. The van der Waals surface area contributed by atoms with Crippen LogP contribution in [0.25, 0.3) is 0 Å². The lowest BCUT2D eigenvalue weighted by atomic mass is 10.1. The summed E-state index contributed by atoms with van der Waals surface area (Å²) in [6, 6.07) is 5.08. The van der Waals surface area contributed by atoms with Crippen molar-refractivity contribution in [3.8, 4) is 5.75 Å². The Balaban J connectivity index is 2.41. The molecule has 0 aliphatic heterocycles. The minimum atomic E-state index is -4.41. The zero-order chi connectivity index (χ0) is 17.6. The van der Waals surface area contributed by atoms with E-state index in [1.807, 2.05) is 13.0 Å². The highest BCUT2D eigenvalue weighted by molar-refractivity contribution is 5.79. The molecular weight excluding hydrogens is 320 g/mol. The van der Waals surface area contributed by atoms with E-state index in [9.17, 15) is 27.2 Å².